The smallest absolute Gasteiger partial charge is 0.221 e. The van der Waals surface area contributed by atoms with Crippen LogP contribution in [0.5, 0.6) is 0 Å². The molecule has 0 heterocycles. The SMILES string of the molecule is C#CCCC(=O)NCCOCC(=C)C. The summed E-state index contributed by atoms with van der Waals surface area (Å²) in [6.07, 6.45) is 5.89. The third-order valence-electron chi connectivity index (χ3n) is 1.41. The molecule has 3 heteroatoms. The maximum Gasteiger partial charge on any atom is 0.221 e. The molecule has 0 fully saturated rings. The average Bonchev–Trinajstić information content (AvgIpc) is 2.13. The van der Waals surface area contributed by atoms with Gasteiger partial charge < -0.3 is 10.1 Å². The van der Waals surface area contributed by atoms with Gasteiger partial charge in [0, 0.05) is 19.4 Å². The van der Waals surface area contributed by atoms with Crippen LogP contribution in [0.4, 0.5) is 0 Å². The second-order valence-electron chi connectivity index (χ2n) is 3.06. The van der Waals surface area contributed by atoms with Gasteiger partial charge in [-0.1, -0.05) is 12.2 Å². The predicted octanol–water partition coefficient (Wildman–Crippen LogP) is 1.11. The van der Waals surface area contributed by atoms with Crippen molar-refractivity contribution in [3.8, 4) is 12.3 Å². The number of ether oxygens (including phenoxy) is 1. The van der Waals surface area contributed by atoms with Crippen LogP contribution in [-0.2, 0) is 9.53 Å². The number of hydrogen-bond acceptors (Lipinski definition) is 2. The van der Waals surface area contributed by atoms with E-state index in [-0.39, 0.29) is 5.91 Å². The van der Waals surface area contributed by atoms with Gasteiger partial charge in [0.2, 0.25) is 5.91 Å². The molecule has 0 rings (SSSR count). The van der Waals surface area contributed by atoms with Gasteiger partial charge in [-0.3, -0.25) is 4.79 Å². The minimum atomic E-state index is -0.0260. The Bertz CT molecular complexity index is 228. The molecule has 0 aliphatic rings. The molecule has 0 atom stereocenters. The summed E-state index contributed by atoms with van der Waals surface area (Å²) in [6, 6.07) is 0. The molecule has 78 valence electrons. The minimum Gasteiger partial charge on any atom is -0.375 e. The highest BCUT2D eigenvalue weighted by atomic mass is 16.5. The second kappa shape index (κ2) is 8.33. The number of terminal acetylenes is 1. The largest absolute Gasteiger partial charge is 0.375 e. The summed E-state index contributed by atoms with van der Waals surface area (Å²) in [6.45, 7) is 7.16. The van der Waals surface area contributed by atoms with Gasteiger partial charge in [0.15, 0.2) is 0 Å². The van der Waals surface area contributed by atoms with Gasteiger partial charge in [-0.15, -0.1) is 12.3 Å². The molecule has 14 heavy (non-hydrogen) atoms. The number of carbonyl (C=O) groups is 1. The molecule has 1 amide bonds. The Morgan fingerprint density at radius 1 is 1.64 bits per heavy atom. The molecule has 0 aromatic rings. The fourth-order valence-electron chi connectivity index (χ4n) is 0.783. The maximum atomic E-state index is 11.0. The van der Waals surface area contributed by atoms with Gasteiger partial charge in [0.1, 0.15) is 0 Å². The topological polar surface area (TPSA) is 38.3 Å². The van der Waals surface area contributed by atoms with Gasteiger partial charge in [0.25, 0.3) is 0 Å². The summed E-state index contributed by atoms with van der Waals surface area (Å²) in [4.78, 5) is 11.0. The summed E-state index contributed by atoms with van der Waals surface area (Å²) < 4.78 is 5.20. The van der Waals surface area contributed by atoms with Gasteiger partial charge in [0.05, 0.1) is 13.2 Å². The first-order valence-electron chi connectivity index (χ1n) is 4.59. The van der Waals surface area contributed by atoms with E-state index in [1.165, 1.54) is 0 Å². The van der Waals surface area contributed by atoms with Crippen molar-refractivity contribution in [2.24, 2.45) is 0 Å². The van der Waals surface area contributed by atoms with E-state index < -0.39 is 0 Å². The van der Waals surface area contributed by atoms with Crippen LogP contribution in [0.3, 0.4) is 0 Å². The molecule has 0 bridgehead atoms. The molecule has 0 saturated carbocycles. The van der Waals surface area contributed by atoms with Crippen LogP contribution >= 0.6 is 0 Å². The lowest BCUT2D eigenvalue weighted by Crippen LogP contribution is -2.26. The normalized spacial score (nSPS) is 9.14. The van der Waals surface area contributed by atoms with Crippen LogP contribution in [0.15, 0.2) is 12.2 Å². The fraction of sp³-hybridized carbons (Fsp3) is 0.545. The highest BCUT2D eigenvalue weighted by molar-refractivity contribution is 5.76. The third kappa shape index (κ3) is 8.82. The Hall–Kier alpha value is -1.27. The monoisotopic (exact) mass is 195 g/mol. The van der Waals surface area contributed by atoms with E-state index in [4.69, 9.17) is 11.2 Å². The molecule has 0 aliphatic heterocycles. The molecule has 1 N–H and O–H groups in total. The first kappa shape index (κ1) is 12.7. The van der Waals surface area contributed by atoms with Crippen LogP contribution in [0.2, 0.25) is 0 Å². The van der Waals surface area contributed by atoms with Crippen molar-refractivity contribution in [3.63, 3.8) is 0 Å². The van der Waals surface area contributed by atoms with Crippen molar-refractivity contribution >= 4 is 5.91 Å². The zero-order valence-electron chi connectivity index (χ0n) is 8.64. The molecular formula is C11H17NO2. The number of rotatable bonds is 7. The summed E-state index contributed by atoms with van der Waals surface area (Å²) in [7, 11) is 0. The lowest BCUT2D eigenvalue weighted by molar-refractivity contribution is -0.121. The molecule has 0 saturated heterocycles. The van der Waals surface area contributed by atoms with E-state index in [1.807, 2.05) is 6.92 Å². The first-order chi connectivity index (χ1) is 6.66. The Balaban J connectivity index is 3.24. The highest BCUT2D eigenvalue weighted by Gasteiger charge is 1.97. The average molecular weight is 195 g/mol. The number of hydrogen-bond donors (Lipinski definition) is 1. The van der Waals surface area contributed by atoms with Crippen LogP contribution < -0.4 is 5.32 Å². The van der Waals surface area contributed by atoms with Crippen LogP contribution in [0.1, 0.15) is 19.8 Å². The number of carbonyl (C=O) groups excluding carboxylic acids is 1. The molecular weight excluding hydrogens is 178 g/mol. The first-order valence-corrected chi connectivity index (χ1v) is 4.59. The lowest BCUT2D eigenvalue weighted by Gasteiger charge is -2.05. The molecule has 0 spiro atoms. The van der Waals surface area contributed by atoms with Gasteiger partial charge in [-0.05, 0) is 6.92 Å². The molecule has 0 aromatic heterocycles. The Kier molecular flexibility index (Phi) is 7.58. The van der Waals surface area contributed by atoms with E-state index in [9.17, 15) is 4.79 Å². The number of nitrogens with one attached hydrogen (secondary N) is 1. The molecule has 0 aliphatic carbocycles. The lowest BCUT2D eigenvalue weighted by atomic mass is 10.3. The molecule has 0 aromatic carbocycles. The fourth-order valence-corrected chi connectivity index (χ4v) is 0.783. The number of amides is 1. The second-order valence-corrected chi connectivity index (χ2v) is 3.06. The van der Waals surface area contributed by atoms with Crippen LogP contribution in [-0.4, -0.2) is 25.7 Å². The Morgan fingerprint density at radius 2 is 2.36 bits per heavy atom. The van der Waals surface area contributed by atoms with Crippen molar-refractivity contribution in [2.75, 3.05) is 19.8 Å². The third-order valence-corrected chi connectivity index (χ3v) is 1.41. The summed E-state index contributed by atoms with van der Waals surface area (Å²) in [5.41, 5.74) is 0.976. The summed E-state index contributed by atoms with van der Waals surface area (Å²) in [5.74, 6) is 2.39. The highest BCUT2D eigenvalue weighted by Crippen LogP contribution is 1.88. The molecule has 3 nitrogen and oxygen atoms in total. The molecule has 0 radical (unpaired) electrons. The quantitative estimate of drug-likeness (QED) is 0.375. The zero-order chi connectivity index (χ0) is 10.8. The maximum absolute atomic E-state index is 11.0. The zero-order valence-corrected chi connectivity index (χ0v) is 8.64. The summed E-state index contributed by atoms with van der Waals surface area (Å²) in [5, 5.41) is 2.70. The standard InChI is InChI=1S/C11H17NO2/c1-4-5-6-11(13)12-7-8-14-9-10(2)3/h1H,2,5-9H2,3H3,(H,12,13). The van der Waals surface area contributed by atoms with Crippen LogP contribution in [0, 0.1) is 12.3 Å². The predicted molar refractivity (Wildman–Crippen MR) is 56.7 cm³/mol. The summed E-state index contributed by atoms with van der Waals surface area (Å²) >= 11 is 0. The van der Waals surface area contributed by atoms with Crippen molar-refractivity contribution in [3.05, 3.63) is 12.2 Å². The minimum absolute atomic E-state index is 0.0260. The van der Waals surface area contributed by atoms with E-state index in [1.54, 1.807) is 0 Å². The van der Waals surface area contributed by atoms with E-state index in [0.29, 0.717) is 32.6 Å². The Morgan fingerprint density at radius 3 is 2.93 bits per heavy atom. The van der Waals surface area contributed by atoms with E-state index in [2.05, 4.69) is 17.8 Å². The Labute approximate surface area is 85.5 Å². The van der Waals surface area contributed by atoms with E-state index in [0.717, 1.165) is 5.57 Å². The van der Waals surface area contributed by atoms with Crippen molar-refractivity contribution in [2.45, 2.75) is 19.8 Å². The van der Waals surface area contributed by atoms with Gasteiger partial charge >= 0.3 is 0 Å². The molecule has 0 unspecified atom stereocenters. The van der Waals surface area contributed by atoms with E-state index >= 15 is 0 Å². The van der Waals surface area contributed by atoms with Gasteiger partial charge in [-0.2, -0.15) is 0 Å². The van der Waals surface area contributed by atoms with Crippen molar-refractivity contribution in [1.29, 1.82) is 0 Å². The van der Waals surface area contributed by atoms with Crippen molar-refractivity contribution < 1.29 is 9.53 Å². The van der Waals surface area contributed by atoms with Gasteiger partial charge in [-0.25, -0.2) is 0 Å². The van der Waals surface area contributed by atoms with Crippen molar-refractivity contribution in [1.82, 2.24) is 5.32 Å². The van der Waals surface area contributed by atoms with Crippen LogP contribution in [0.25, 0.3) is 0 Å².